The maximum absolute atomic E-state index is 5.57. The number of hydrogen-bond acceptors (Lipinski definition) is 3. The SMILES string of the molecule is C=COC(C)N(N=Cc1ccc2c(c1)c1ccccc1n2CC)c1ccccc1. The summed E-state index contributed by atoms with van der Waals surface area (Å²) < 4.78 is 7.91. The van der Waals surface area contributed by atoms with Crippen LogP contribution in [0.5, 0.6) is 0 Å². The number of rotatable bonds is 7. The minimum atomic E-state index is -0.267. The maximum Gasteiger partial charge on any atom is 0.188 e. The quantitative estimate of drug-likeness (QED) is 0.165. The highest BCUT2D eigenvalue weighted by atomic mass is 16.5. The van der Waals surface area contributed by atoms with Gasteiger partial charge >= 0.3 is 0 Å². The average Bonchev–Trinajstić information content (AvgIpc) is 3.08. The molecule has 4 nitrogen and oxygen atoms in total. The van der Waals surface area contributed by atoms with Gasteiger partial charge in [0, 0.05) is 28.4 Å². The lowest BCUT2D eigenvalue weighted by Crippen LogP contribution is -2.29. The zero-order valence-corrected chi connectivity index (χ0v) is 16.8. The predicted molar refractivity (Wildman–Crippen MR) is 122 cm³/mol. The second-order valence-electron chi connectivity index (χ2n) is 6.86. The minimum absolute atomic E-state index is 0.267. The molecule has 1 atom stereocenters. The van der Waals surface area contributed by atoms with Crippen molar-refractivity contribution in [2.75, 3.05) is 5.01 Å². The van der Waals surface area contributed by atoms with Crippen LogP contribution in [0.25, 0.3) is 21.8 Å². The maximum atomic E-state index is 5.57. The van der Waals surface area contributed by atoms with Crippen LogP contribution in [-0.2, 0) is 11.3 Å². The van der Waals surface area contributed by atoms with Crippen LogP contribution in [0.1, 0.15) is 19.4 Å². The van der Waals surface area contributed by atoms with Crippen molar-refractivity contribution >= 4 is 33.7 Å². The number of hydrogen-bond donors (Lipinski definition) is 0. The van der Waals surface area contributed by atoms with Crippen LogP contribution in [0.4, 0.5) is 5.69 Å². The van der Waals surface area contributed by atoms with Crippen LogP contribution in [0, 0.1) is 0 Å². The van der Waals surface area contributed by atoms with Gasteiger partial charge in [-0.2, -0.15) is 5.10 Å². The molecule has 4 rings (SSSR count). The Morgan fingerprint density at radius 2 is 1.72 bits per heavy atom. The van der Waals surface area contributed by atoms with Crippen molar-refractivity contribution in [2.24, 2.45) is 5.10 Å². The van der Waals surface area contributed by atoms with Crippen LogP contribution in [-0.4, -0.2) is 17.0 Å². The summed E-state index contributed by atoms with van der Waals surface area (Å²) in [7, 11) is 0. The lowest BCUT2D eigenvalue weighted by atomic mass is 10.1. The zero-order chi connectivity index (χ0) is 20.2. The third kappa shape index (κ3) is 3.61. The fourth-order valence-electron chi connectivity index (χ4n) is 3.77. The largest absolute Gasteiger partial charge is 0.477 e. The first-order valence-electron chi connectivity index (χ1n) is 9.88. The van der Waals surface area contributed by atoms with Crippen molar-refractivity contribution in [1.82, 2.24) is 4.57 Å². The number of hydrazone groups is 1. The average molecular weight is 383 g/mol. The smallest absolute Gasteiger partial charge is 0.188 e. The summed E-state index contributed by atoms with van der Waals surface area (Å²) in [5, 5.41) is 9.08. The molecule has 0 aliphatic rings. The van der Waals surface area contributed by atoms with Crippen LogP contribution < -0.4 is 5.01 Å². The highest BCUT2D eigenvalue weighted by Crippen LogP contribution is 2.29. The van der Waals surface area contributed by atoms with Gasteiger partial charge in [-0.05, 0) is 49.7 Å². The van der Waals surface area contributed by atoms with Crippen molar-refractivity contribution in [3.05, 3.63) is 91.2 Å². The van der Waals surface area contributed by atoms with E-state index in [2.05, 4.69) is 60.5 Å². The molecule has 29 heavy (non-hydrogen) atoms. The lowest BCUT2D eigenvalue weighted by molar-refractivity contribution is 0.158. The molecule has 0 spiro atoms. The summed E-state index contributed by atoms with van der Waals surface area (Å²) in [5.74, 6) is 0. The van der Waals surface area contributed by atoms with Crippen molar-refractivity contribution in [3.63, 3.8) is 0 Å². The Morgan fingerprint density at radius 1 is 1.00 bits per heavy atom. The Labute approximate surface area is 171 Å². The van der Waals surface area contributed by atoms with Gasteiger partial charge in [0.1, 0.15) is 0 Å². The summed E-state index contributed by atoms with van der Waals surface area (Å²) in [6.45, 7) is 8.73. The van der Waals surface area contributed by atoms with Gasteiger partial charge in [-0.1, -0.05) is 49.0 Å². The molecule has 3 aromatic carbocycles. The molecule has 1 heterocycles. The van der Waals surface area contributed by atoms with Crippen molar-refractivity contribution in [1.29, 1.82) is 0 Å². The zero-order valence-electron chi connectivity index (χ0n) is 16.8. The summed E-state index contributed by atoms with van der Waals surface area (Å²) in [6.07, 6.45) is 3.06. The molecule has 0 aliphatic carbocycles. The van der Waals surface area contributed by atoms with E-state index < -0.39 is 0 Å². The number of para-hydroxylation sites is 2. The highest BCUT2D eigenvalue weighted by Gasteiger charge is 2.13. The standard InChI is InChI=1S/C25H25N3O/c1-4-27-24-14-10-9-13-22(24)23-17-20(15-16-25(23)27)18-26-28(19(3)29-5-2)21-11-7-6-8-12-21/h5-19H,2,4H2,1,3H3. The summed E-state index contributed by atoms with van der Waals surface area (Å²) in [6, 6.07) is 25.0. The molecular weight excluding hydrogens is 358 g/mol. The molecule has 146 valence electrons. The molecule has 0 fully saturated rings. The molecule has 0 amide bonds. The summed E-state index contributed by atoms with van der Waals surface area (Å²) >= 11 is 0. The van der Waals surface area contributed by atoms with Crippen molar-refractivity contribution in [3.8, 4) is 0 Å². The Balaban J connectivity index is 1.74. The third-order valence-corrected chi connectivity index (χ3v) is 5.10. The predicted octanol–water partition coefficient (Wildman–Crippen LogP) is 6.16. The van der Waals surface area contributed by atoms with Gasteiger partial charge < -0.3 is 9.30 Å². The number of anilines is 1. The molecule has 0 saturated carbocycles. The number of aromatic nitrogens is 1. The molecule has 0 radical (unpaired) electrons. The molecule has 0 saturated heterocycles. The monoisotopic (exact) mass is 383 g/mol. The van der Waals surface area contributed by atoms with Gasteiger partial charge in [-0.3, -0.25) is 0 Å². The van der Waals surface area contributed by atoms with Gasteiger partial charge in [0.25, 0.3) is 0 Å². The van der Waals surface area contributed by atoms with Gasteiger partial charge in [-0.15, -0.1) is 0 Å². The summed E-state index contributed by atoms with van der Waals surface area (Å²) in [5.41, 5.74) is 4.51. The van der Waals surface area contributed by atoms with E-state index in [0.29, 0.717) is 0 Å². The molecule has 1 unspecified atom stereocenters. The van der Waals surface area contributed by atoms with Gasteiger partial charge in [0.2, 0.25) is 0 Å². The van der Waals surface area contributed by atoms with E-state index in [-0.39, 0.29) is 6.23 Å². The number of fused-ring (bicyclic) bond motifs is 3. The molecule has 4 aromatic rings. The topological polar surface area (TPSA) is 29.8 Å². The van der Waals surface area contributed by atoms with Gasteiger partial charge in [0.05, 0.1) is 18.2 Å². The van der Waals surface area contributed by atoms with Crippen LogP contribution in [0.15, 0.2) is 90.7 Å². The molecule has 4 heteroatoms. The van der Waals surface area contributed by atoms with E-state index >= 15 is 0 Å². The number of nitrogens with zero attached hydrogens (tertiary/aromatic N) is 3. The fourth-order valence-corrected chi connectivity index (χ4v) is 3.77. The molecule has 0 N–H and O–H groups in total. The van der Waals surface area contributed by atoms with Crippen LogP contribution in [0.2, 0.25) is 0 Å². The first-order chi connectivity index (χ1) is 14.2. The minimum Gasteiger partial charge on any atom is -0.477 e. The second-order valence-corrected chi connectivity index (χ2v) is 6.86. The first-order valence-corrected chi connectivity index (χ1v) is 9.88. The molecular formula is C25H25N3O. The van der Waals surface area contributed by atoms with E-state index in [1.165, 1.54) is 28.1 Å². The lowest BCUT2D eigenvalue weighted by Gasteiger charge is -2.25. The van der Waals surface area contributed by atoms with Crippen LogP contribution in [0.3, 0.4) is 0 Å². The van der Waals surface area contributed by atoms with Crippen molar-refractivity contribution in [2.45, 2.75) is 26.6 Å². The van der Waals surface area contributed by atoms with E-state index in [4.69, 9.17) is 9.84 Å². The fraction of sp³-hybridized carbons (Fsp3) is 0.160. The normalized spacial score (nSPS) is 12.5. The number of benzene rings is 3. The Kier molecular flexibility index (Phi) is 5.34. The third-order valence-electron chi connectivity index (χ3n) is 5.10. The second kappa shape index (κ2) is 8.23. The van der Waals surface area contributed by atoms with E-state index in [1.807, 2.05) is 48.5 Å². The first kappa shape index (κ1) is 18.8. The van der Waals surface area contributed by atoms with E-state index in [0.717, 1.165) is 17.8 Å². The molecule has 1 aromatic heterocycles. The van der Waals surface area contributed by atoms with E-state index in [1.54, 1.807) is 0 Å². The van der Waals surface area contributed by atoms with Gasteiger partial charge in [-0.25, -0.2) is 5.01 Å². The number of aryl methyl sites for hydroxylation is 1. The molecule has 0 aliphatic heterocycles. The number of ether oxygens (including phenoxy) is 1. The molecule has 0 bridgehead atoms. The van der Waals surface area contributed by atoms with E-state index in [9.17, 15) is 0 Å². The van der Waals surface area contributed by atoms with Gasteiger partial charge in [0.15, 0.2) is 6.23 Å². The van der Waals surface area contributed by atoms with Crippen LogP contribution >= 0.6 is 0 Å². The Bertz CT molecular complexity index is 1160. The Morgan fingerprint density at radius 3 is 2.48 bits per heavy atom. The Hall–Kier alpha value is -3.53. The highest BCUT2D eigenvalue weighted by molar-refractivity contribution is 6.09. The van der Waals surface area contributed by atoms with Crippen molar-refractivity contribution < 1.29 is 4.74 Å². The summed E-state index contributed by atoms with van der Waals surface area (Å²) in [4.78, 5) is 0.